The number of para-hydroxylation sites is 2. The molecule has 1 amide bonds. The number of benzene rings is 1. The summed E-state index contributed by atoms with van der Waals surface area (Å²) in [6, 6.07) is 7.64. The lowest BCUT2D eigenvalue weighted by molar-refractivity contribution is 0.0644. The van der Waals surface area contributed by atoms with Crippen molar-refractivity contribution < 1.29 is 9.53 Å². The first-order valence-electron chi connectivity index (χ1n) is 8.41. The SMILES string of the molecule is COc1ccccc1-n1cc(C(=O)N2CCN(CCSC)CC2)cn1. The van der Waals surface area contributed by atoms with Crippen LogP contribution in [0.4, 0.5) is 0 Å². The molecule has 2 aromatic rings. The number of ether oxygens (including phenoxy) is 1. The fraction of sp³-hybridized carbons (Fsp3) is 0.444. The third-order valence-corrected chi connectivity index (χ3v) is 5.02. The molecule has 1 aromatic heterocycles. The zero-order chi connectivity index (χ0) is 17.6. The number of hydrogen-bond acceptors (Lipinski definition) is 5. The second kappa shape index (κ2) is 8.40. The third-order valence-electron chi connectivity index (χ3n) is 4.43. The molecule has 1 aromatic carbocycles. The Hall–Kier alpha value is -1.99. The van der Waals surface area contributed by atoms with Gasteiger partial charge in [-0.05, 0) is 18.4 Å². The minimum Gasteiger partial charge on any atom is -0.494 e. The Bertz CT molecular complexity index is 711. The molecule has 3 rings (SSSR count). The van der Waals surface area contributed by atoms with Crippen LogP contribution in [-0.4, -0.2) is 77.3 Å². The summed E-state index contributed by atoms with van der Waals surface area (Å²) in [5, 5.41) is 4.34. The first kappa shape index (κ1) is 17.8. The second-order valence-electron chi connectivity index (χ2n) is 5.97. The van der Waals surface area contributed by atoms with Crippen LogP contribution in [0.5, 0.6) is 5.75 Å². The molecule has 25 heavy (non-hydrogen) atoms. The summed E-state index contributed by atoms with van der Waals surface area (Å²) in [5.41, 5.74) is 1.44. The van der Waals surface area contributed by atoms with Crippen molar-refractivity contribution in [3.8, 4) is 11.4 Å². The molecule has 0 unspecified atom stereocenters. The van der Waals surface area contributed by atoms with E-state index >= 15 is 0 Å². The molecule has 0 radical (unpaired) electrons. The predicted molar refractivity (Wildman–Crippen MR) is 101 cm³/mol. The van der Waals surface area contributed by atoms with Crippen molar-refractivity contribution in [3.05, 3.63) is 42.2 Å². The Morgan fingerprint density at radius 3 is 2.72 bits per heavy atom. The maximum Gasteiger partial charge on any atom is 0.257 e. The molecule has 0 atom stereocenters. The Labute approximate surface area is 152 Å². The Morgan fingerprint density at radius 1 is 1.24 bits per heavy atom. The molecule has 0 N–H and O–H groups in total. The van der Waals surface area contributed by atoms with Crippen molar-refractivity contribution in [3.63, 3.8) is 0 Å². The molecular weight excluding hydrogens is 336 g/mol. The molecule has 6 nitrogen and oxygen atoms in total. The summed E-state index contributed by atoms with van der Waals surface area (Å²) in [4.78, 5) is 17.1. The lowest BCUT2D eigenvalue weighted by atomic mass is 10.2. The van der Waals surface area contributed by atoms with E-state index in [1.54, 1.807) is 24.2 Å². The van der Waals surface area contributed by atoms with Gasteiger partial charge < -0.3 is 9.64 Å². The van der Waals surface area contributed by atoms with Crippen molar-refractivity contribution >= 4 is 17.7 Å². The molecule has 1 fully saturated rings. The van der Waals surface area contributed by atoms with E-state index in [-0.39, 0.29) is 5.91 Å². The molecule has 0 saturated carbocycles. The molecule has 1 aliphatic rings. The minimum atomic E-state index is 0.0469. The topological polar surface area (TPSA) is 50.6 Å². The van der Waals surface area contributed by atoms with Crippen LogP contribution in [0, 0.1) is 0 Å². The third kappa shape index (κ3) is 4.16. The number of carbonyl (C=O) groups excluding carboxylic acids is 1. The zero-order valence-corrected chi connectivity index (χ0v) is 15.5. The first-order valence-corrected chi connectivity index (χ1v) is 9.81. The molecule has 1 saturated heterocycles. The summed E-state index contributed by atoms with van der Waals surface area (Å²) in [6.45, 7) is 4.51. The largest absolute Gasteiger partial charge is 0.494 e. The maximum absolute atomic E-state index is 12.7. The summed E-state index contributed by atoms with van der Waals surface area (Å²) < 4.78 is 7.06. The van der Waals surface area contributed by atoms with Gasteiger partial charge in [0.15, 0.2) is 0 Å². The Morgan fingerprint density at radius 2 is 2.00 bits per heavy atom. The van der Waals surface area contributed by atoms with Gasteiger partial charge in [0.05, 0.1) is 18.9 Å². The molecule has 134 valence electrons. The van der Waals surface area contributed by atoms with Gasteiger partial charge in [0.25, 0.3) is 5.91 Å². The van der Waals surface area contributed by atoms with Crippen LogP contribution in [0.25, 0.3) is 5.69 Å². The first-order chi connectivity index (χ1) is 12.2. The quantitative estimate of drug-likeness (QED) is 0.789. The van der Waals surface area contributed by atoms with Crippen LogP contribution in [0.15, 0.2) is 36.7 Å². The highest BCUT2D eigenvalue weighted by molar-refractivity contribution is 7.98. The molecule has 0 spiro atoms. The van der Waals surface area contributed by atoms with Gasteiger partial charge in [0.2, 0.25) is 0 Å². The number of aromatic nitrogens is 2. The molecule has 0 aliphatic carbocycles. The number of nitrogens with zero attached hydrogens (tertiary/aromatic N) is 4. The van der Waals surface area contributed by atoms with Gasteiger partial charge in [0, 0.05) is 44.7 Å². The highest BCUT2D eigenvalue weighted by atomic mass is 32.2. The van der Waals surface area contributed by atoms with E-state index in [0.717, 1.165) is 49.9 Å². The van der Waals surface area contributed by atoms with Gasteiger partial charge in [-0.3, -0.25) is 9.69 Å². The maximum atomic E-state index is 12.7. The van der Waals surface area contributed by atoms with Crippen molar-refractivity contribution in [1.29, 1.82) is 0 Å². The normalized spacial score (nSPS) is 15.4. The van der Waals surface area contributed by atoms with E-state index in [9.17, 15) is 4.79 Å². The summed E-state index contributed by atoms with van der Waals surface area (Å²) in [7, 11) is 1.63. The average Bonchev–Trinajstić information content (AvgIpc) is 3.16. The van der Waals surface area contributed by atoms with Crippen LogP contribution in [-0.2, 0) is 0 Å². The minimum absolute atomic E-state index is 0.0469. The molecule has 0 bridgehead atoms. The lowest BCUT2D eigenvalue weighted by Crippen LogP contribution is -2.49. The Kier molecular flexibility index (Phi) is 5.99. The molecule has 1 aliphatic heterocycles. The number of rotatable bonds is 6. The zero-order valence-electron chi connectivity index (χ0n) is 14.7. The predicted octanol–water partition coefficient (Wildman–Crippen LogP) is 2.00. The standard InChI is InChI=1S/C18H24N4O2S/c1-24-17-6-4-3-5-16(17)22-14-15(13-19-22)18(23)21-9-7-20(8-10-21)11-12-25-2/h3-6,13-14H,7-12H2,1-2H3. The molecular formula is C18H24N4O2S. The van der Waals surface area contributed by atoms with Crippen LogP contribution in [0.3, 0.4) is 0 Å². The van der Waals surface area contributed by atoms with E-state index in [1.165, 1.54) is 0 Å². The van der Waals surface area contributed by atoms with Gasteiger partial charge in [-0.25, -0.2) is 4.68 Å². The molecule has 2 heterocycles. The van der Waals surface area contributed by atoms with Crippen molar-refractivity contribution in [2.45, 2.75) is 0 Å². The highest BCUT2D eigenvalue weighted by Gasteiger charge is 2.23. The van der Waals surface area contributed by atoms with Crippen LogP contribution >= 0.6 is 11.8 Å². The van der Waals surface area contributed by atoms with Crippen molar-refractivity contribution in [1.82, 2.24) is 19.6 Å². The van der Waals surface area contributed by atoms with E-state index < -0.39 is 0 Å². The number of carbonyl (C=O) groups is 1. The van der Waals surface area contributed by atoms with Gasteiger partial charge in [-0.2, -0.15) is 16.9 Å². The van der Waals surface area contributed by atoms with E-state index in [2.05, 4.69) is 16.3 Å². The molecule has 7 heteroatoms. The summed E-state index contributed by atoms with van der Waals surface area (Å²) in [5.74, 6) is 1.91. The van der Waals surface area contributed by atoms with E-state index in [1.807, 2.05) is 40.9 Å². The van der Waals surface area contributed by atoms with Crippen LogP contribution in [0.1, 0.15) is 10.4 Å². The number of piperazine rings is 1. The van der Waals surface area contributed by atoms with Crippen LogP contribution < -0.4 is 4.74 Å². The van der Waals surface area contributed by atoms with Crippen molar-refractivity contribution in [2.75, 3.05) is 51.8 Å². The van der Waals surface area contributed by atoms with Crippen molar-refractivity contribution in [2.24, 2.45) is 0 Å². The summed E-state index contributed by atoms with van der Waals surface area (Å²) >= 11 is 1.86. The monoisotopic (exact) mass is 360 g/mol. The van der Waals surface area contributed by atoms with Crippen LogP contribution in [0.2, 0.25) is 0 Å². The number of methoxy groups -OCH3 is 1. The van der Waals surface area contributed by atoms with E-state index in [0.29, 0.717) is 5.56 Å². The van der Waals surface area contributed by atoms with Gasteiger partial charge >= 0.3 is 0 Å². The lowest BCUT2D eigenvalue weighted by Gasteiger charge is -2.34. The highest BCUT2D eigenvalue weighted by Crippen LogP contribution is 2.22. The van der Waals surface area contributed by atoms with Gasteiger partial charge in [0.1, 0.15) is 11.4 Å². The number of thioether (sulfide) groups is 1. The fourth-order valence-corrected chi connectivity index (χ4v) is 3.40. The smallest absolute Gasteiger partial charge is 0.257 e. The Balaban J connectivity index is 1.65. The van der Waals surface area contributed by atoms with E-state index in [4.69, 9.17) is 4.74 Å². The second-order valence-corrected chi connectivity index (χ2v) is 6.96. The fourth-order valence-electron chi connectivity index (χ4n) is 2.96. The number of hydrogen-bond donors (Lipinski definition) is 0. The van der Waals surface area contributed by atoms with Gasteiger partial charge in [-0.15, -0.1) is 0 Å². The number of amides is 1. The van der Waals surface area contributed by atoms with Gasteiger partial charge in [-0.1, -0.05) is 12.1 Å². The summed E-state index contributed by atoms with van der Waals surface area (Å²) in [6.07, 6.45) is 5.54. The average molecular weight is 360 g/mol.